The third kappa shape index (κ3) is 3.49. The molecule has 0 unspecified atom stereocenters. The molecule has 0 bridgehead atoms. The van der Waals surface area contributed by atoms with Gasteiger partial charge in [-0.15, -0.1) is 0 Å². The van der Waals surface area contributed by atoms with Gasteiger partial charge in [0.05, 0.1) is 18.4 Å². The van der Waals surface area contributed by atoms with Gasteiger partial charge in [0, 0.05) is 6.20 Å². The first-order chi connectivity index (χ1) is 12.3. The summed E-state index contributed by atoms with van der Waals surface area (Å²) in [5, 5.41) is 0. The molecule has 1 aromatic heterocycles. The van der Waals surface area contributed by atoms with Gasteiger partial charge in [-0.3, -0.25) is 19.5 Å². The summed E-state index contributed by atoms with van der Waals surface area (Å²) in [4.78, 5) is 43.3. The summed E-state index contributed by atoms with van der Waals surface area (Å²) in [6.45, 7) is 6.50. The van der Waals surface area contributed by atoms with E-state index in [0.29, 0.717) is 5.69 Å². The lowest BCUT2D eigenvalue weighted by atomic mass is 9.87. The largest absolute Gasteiger partial charge is 0.338 e. The molecule has 4 amide bonds. The van der Waals surface area contributed by atoms with Crippen LogP contribution in [0.25, 0.3) is 0 Å². The Kier molecular flexibility index (Phi) is 4.59. The number of carbonyl (C=O) groups is 3. The molecular weight excluding hydrogens is 330 g/mol. The number of hydrogen-bond acceptors (Lipinski definition) is 4. The number of amides is 4. The SMILES string of the molecule is CC(C)(C)c1ccc(CN2C(=O)CC(=O)N(c3cccnc3)C2=O)cc1. The molecule has 0 atom stereocenters. The molecule has 26 heavy (non-hydrogen) atoms. The predicted molar refractivity (Wildman–Crippen MR) is 97.4 cm³/mol. The van der Waals surface area contributed by atoms with E-state index in [9.17, 15) is 14.4 Å². The summed E-state index contributed by atoms with van der Waals surface area (Å²) in [6.07, 6.45) is 2.66. The van der Waals surface area contributed by atoms with Crippen molar-refractivity contribution in [2.24, 2.45) is 0 Å². The van der Waals surface area contributed by atoms with Crippen LogP contribution in [0.4, 0.5) is 10.5 Å². The fraction of sp³-hybridized carbons (Fsp3) is 0.300. The second kappa shape index (κ2) is 6.71. The highest BCUT2D eigenvalue weighted by Crippen LogP contribution is 2.25. The number of imide groups is 2. The summed E-state index contributed by atoms with van der Waals surface area (Å²) in [5.41, 5.74) is 2.40. The maximum Gasteiger partial charge on any atom is 0.338 e. The molecule has 0 N–H and O–H groups in total. The van der Waals surface area contributed by atoms with E-state index < -0.39 is 17.8 Å². The number of pyridine rings is 1. The highest BCUT2D eigenvalue weighted by atomic mass is 16.2. The monoisotopic (exact) mass is 351 g/mol. The Morgan fingerprint density at radius 1 is 1.00 bits per heavy atom. The summed E-state index contributed by atoms with van der Waals surface area (Å²) >= 11 is 0. The highest BCUT2D eigenvalue weighted by Gasteiger charge is 2.38. The van der Waals surface area contributed by atoms with Gasteiger partial charge in [-0.25, -0.2) is 9.69 Å². The minimum atomic E-state index is -0.640. The fourth-order valence-corrected chi connectivity index (χ4v) is 2.83. The Balaban J connectivity index is 1.84. The Labute approximate surface area is 152 Å². The third-order valence-corrected chi connectivity index (χ3v) is 4.34. The van der Waals surface area contributed by atoms with Gasteiger partial charge in [0.1, 0.15) is 6.42 Å². The van der Waals surface area contributed by atoms with Crippen LogP contribution in [0.2, 0.25) is 0 Å². The molecule has 0 saturated carbocycles. The van der Waals surface area contributed by atoms with E-state index in [4.69, 9.17) is 0 Å². The molecule has 1 fully saturated rings. The number of hydrogen-bond donors (Lipinski definition) is 0. The molecule has 3 rings (SSSR count). The maximum atomic E-state index is 12.8. The molecule has 6 nitrogen and oxygen atoms in total. The van der Waals surface area contributed by atoms with E-state index >= 15 is 0 Å². The summed E-state index contributed by atoms with van der Waals surface area (Å²) in [5.74, 6) is -1.02. The van der Waals surface area contributed by atoms with Crippen molar-refractivity contribution in [2.75, 3.05) is 4.90 Å². The normalized spacial score (nSPS) is 15.6. The average Bonchev–Trinajstić information content (AvgIpc) is 2.59. The van der Waals surface area contributed by atoms with Crippen LogP contribution < -0.4 is 4.90 Å². The number of aromatic nitrogens is 1. The highest BCUT2D eigenvalue weighted by molar-refractivity contribution is 6.26. The van der Waals surface area contributed by atoms with Crippen LogP contribution in [0.5, 0.6) is 0 Å². The van der Waals surface area contributed by atoms with E-state index in [1.807, 2.05) is 24.3 Å². The van der Waals surface area contributed by atoms with Crippen LogP contribution in [0.3, 0.4) is 0 Å². The van der Waals surface area contributed by atoms with Gasteiger partial charge in [0.2, 0.25) is 11.8 Å². The minimum absolute atomic E-state index is 0.0266. The number of nitrogens with zero attached hydrogens (tertiary/aromatic N) is 3. The van der Waals surface area contributed by atoms with Crippen LogP contribution in [0.15, 0.2) is 48.8 Å². The minimum Gasteiger partial charge on any atom is -0.274 e. The van der Waals surface area contributed by atoms with Crippen molar-refractivity contribution in [1.82, 2.24) is 9.88 Å². The average molecular weight is 351 g/mol. The topological polar surface area (TPSA) is 70.6 Å². The van der Waals surface area contributed by atoms with E-state index in [1.54, 1.807) is 18.3 Å². The van der Waals surface area contributed by atoms with Crippen molar-refractivity contribution >= 4 is 23.5 Å². The quantitative estimate of drug-likeness (QED) is 0.796. The summed E-state index contributed by atoms with van der Waals surface area (Å²) in [7, 11) is 0. The predicted octanol–water partition coefficient (Wildman–Crippen LogP) is 3.26. The molecule has 2 aromatic rings. The molecule has 0 aliphatic carbocycles. The number of anilines is 1. The van der Waals surface area contributed by atoms with Gasteiger partial charge in [-0.05, 0) is 28.7 Å². The second-order valence-corrected chi connectivity index (χ2v) is 7.33. The molecule has 1 aliphatic rings. The van der Waals surface area contributed by atoms with E-state index in [0.717, 1.165) is 15.4 Å². The number of barbiturate groups is 1. The zero-order valence-corrected chi connectivity index (χ0v) is 15.1. The van der Waals surface area contributed by atoms with Gasteiger partial charge in [-0.1, -0.05) is 45.0 Å². The van der Waals surface area contributed by atoms with E-state index in [-0.39, 0.29) is 18.4 Å². The number of rotatable bonds is 3. The van der Waals surface area contributed by atoms with E-state index in [1.165, 1.54) is 11.8 Å². The molecule has 1 saturated heterocycles. The molecule has 1 aromatic carbocycles. The number of urea groups is 1. The van der Waals surface area contributed by atoms with Crippen LogP contribution in [-0.4, -0.2) is 27.7 Å². The molecule has 0 spiro atoms. The van der Waals surface area contributed by atoms with Gasteiger partial charge in [0.15, 0.2) is 0 Å². The van der Waals surface area contributed by atoms with Crippen LogP contribution in [0.1, 0.15) is 38.3 Å². The first kappa shape index (κ1) is 17.8. The van der Waals surface area contributed by atoms with Gasteiger partial charge >= 0.3 is 6.03 Å². The van der Waals surface area contributed by atoms with Gasteiger partial charge < -0.3 is 0 Å². The fourth-order valence-electron chi connectivity index (χ4n) is 2.83. The van der Waals surface area contributed by atoms with Crippen molar-refractivity contribution in [1.29, 1.82) is 0 Å². The van der Waals surface area contributed by atoms with Crippen LogP contribution in [-0.2, 0) is 21.5 Å². The standard InChI is InChI=1S/C20H21N3O3/c1-20(2,3)15-8-6-14(7-9-15)13-22-17(24)11-18(25)23(19(22)26)16-5-4-10-21-12-16/h4-10,12H,11,13H2,1-3H3. The second-order valence-electron chi connectivity index (χ2n) is 7.33. The molecule has 1 aliphatic heterocycles. The van der Waals surface area contributed by atoms with Crippen molar-refractivity contribution in [3.63, 3.8) is 0 Å². The van der Waals surface area contributed by atoms with Crippen molar-refractivity contribution in [3.8, 4) is 0 Å². The smallest absolute Gasteiger partial charge is 0.274 e. The van der Waals surface area contributed by atoms with Crippen LogP contribution in [0, 0.1) is 0 Å². The van der Waals surface area contributed by atoms with Crippen molar-refractivity contribution in [3.05, 3.63) is 59.9 Å². The third-order valence-electron chi connectivity index (χ3n) is 4.34. The maximum absolute atomic E-state index is 12.8. The molecule has 134 valence electrons. The molecule has 6 heteroatoms. The molecular formula is C20H21N3O3. The molecule has 0 radical (unpaired) electrons. The van der Waals surface area contributed by atoms with Crippen molar-refractivity contribution in [2.45, 2.75) is 39.2 Å². The Morgan fingerprint density at radius 2 is 1.69 bits per heavy atom. The van der Waals surface area contributed by atoms with Crippen LogP contribution >= 0.6 is 0 Å². The van der Waals surface area contributed by atoms with Crippen molar-refractivity contribution < 1.29 is 14.4 Å². The first-order valence-corrected chi connectivity index (χ1v) is 8.44. The lowest BCUT2D eigenvalue weighted by Crippen LogP contribution is -2.54. The Morgan fingerprint density at radius 3 is 2.27 bits per heavy atom. The first-order valence-electron chi connectivity index (χ1n) is 8.44. The number of benzene rings is 1. The lowest BCUT2D eigenvalue weighted by molar-refractivity contribution is -0.135. The zero-order valence-electron chi connectivity index (χ0n) is 15.1. The number of carbonyl (C=O) groups excluding carboxylic acids is 3. The van der Waals surface area contributed by atoms with E-state index in [2.05, 4.69) is 25.8 Å². The lowest BCUT2D eigenvalue weighted by Gasteiger charge is -2.32. The van der Waals surface area contributed by atoms with Gasteiger partial charge in [-0.2, -0.15) is 0 Å². The van der Waals surface area contributed by atoms with Gasteiger partial charge in [0.25, 0.3) is 0 Å². The Hall–Kier alpha value is -3.02. The molecule has 2 heterocycles. The summed E-state index contributed by atoms with van der Waals surface area (Å²) < 4.78 is 0. The summed E-state index contributed by atoms with van der Waals surface area (Å²) in [6, 6.07) is 10.4. The Bertz CT molecular complexity index is 839. The zero-order chi connectivity index (χ0) is 18.9.